The maximum absolute atomic E-state index is 12.6. The first-order valence-electron chi connectivity index (χ1n) is 6.98. The number of rotatable bonds is 7. The van der Waals surface area contributed by atoms with Gasteiger partial charge in [-0.15, -0.1) is 0 Å². The highest BCUT2D eigenvalue weighted by atomic mass is 35.5. The summed E-state index contributed by atoms with van der Waals surface area (Å²) in [5.41, 5.74) is 0.742. The molecule has 23 heavy (non-hydrogen) atoms. The van der Waals surface area contributed by atoms with E-state index >= 15 is 0 Å². The Labute approximate surface area is 136 Å². The van der Waals surface area contributed by atoms with Gasteiger partial charge in [-0.05, 0) is 30.7 Å². The lowest BCUT2D eigenvalue weighted by molar-refractivity contribution is -0.148. The van der Waals surface area contributed by atoms with E-state index in [1.165, 1.54) is 6.20 Å². The summed E-state index contributed by atoms with van der Waals surface area (Å²) in [4.78, 5) is 5.17. The van der Waals surface area contributed by atoms with Crippen molar-refractivity contribution in [3.05, 3.63) is 41.4 Å². The van der Waals surface area contributed by atoms with Crippen LogP contribution in [0.2, 0.25) is 5.02 Å². The average molecular weight is 349 g/mol. The Balaban J connectivity index is 2.06. The lowest BCUT2D eigenvalue weighted by Crippen LogP contribution is -2.35. The molecule has 1 heterocycles. The van der Waals surface area contributed by atoms with Crippen LogP contribution in [0, 0.1) is 0 Å². The largest absolute Gasteiger partial charge is 0.439 e. The smallest absolute Gasteiger partial charge is 0.401 e. The molecule has 0 aliphatic carbocycles. The molecule has 0 atom stereocenters. The molecule has 126 valence electrons. The van der Waals surface area contributed by atoms with Crippen molar-refractivity contribution in [1.29, 1.82) is 0 Å². The molecule has 4 nitrogen and oxygen atoms in total. The molecule has 0 bridgehead atoms. The average Bonchev–Trinajstić information content (AvgIpc) is 2.92. The first kappa shape index (κ1) is 17.8. The molecule has 2 rings (SSSR count). The molecular weight excluding hydrogens is 333 g/mol. The second-order valence-corrected chi connectivity index (χ2v) is 5.46. The highest BCUT2D eigenvalue weighted by Crippen LogP contribution is 2.24. The van der Waals surface area contributed by atoms with Gasteiger partial charge in [-0.25, -0.2) is 4.98 Å². The van der Waals surface area contributed by atoms with E-state index in [2.05, 4.69) is 4.98 Å². The normalized spacial score (nSPS) is 12.1. The summed E-state index contributed by atoms with van der Waals surface area (Å²) in [6.07, 6.45) is -2.60. The van der Waals surface area contributed by atoms with Gasteiger partial charge in [0.05, 0.1) is 19.3 Å². The molecule has 8 heteroatoms. The van der Waals surface area contributed by atoms with Crippen LogP contribution in [0.15, 0.2) is 34.9 Å². The molecule has 1 N–H and O–H groups in total. The number of aliphatic hydroxyl groups excluding tert-OH is 1. The van der Waals surface area contributed by atoms with Gasteiger partial charge in [0.2, 0.25) is 5.89 Å². The number of oxazole rings is 1. The van der Waals surface area contributed by atoms with Crippen molar-refractivity contribution in [2.45, 2.75) is 19.1 Å². The van der Waals surface area contributed by atoms with Gasteiger partial charge in [-0.2, -0.15) is 13.2 Å². The summed E-state index contributed by atoms with van der Waals surface area (Å²) >= 11 is 5.80. The van der Waals surface area contributed by atoms with Crippen molar-refractivity contribution in [3.8, 4) is 11.3 Å². The van der Waals surface area contributed by atoms with E-state index in [1.807, 2.05) is 0 Å². The molecule has 0 fully saturated rings. The molecular formula is C15H16ClF3N2O2. The second kappa shape index (κ2) is 7.81. The highest BCUT2D eigenvalue weighted by Gasteiger charge is 2.31. The van der Waals surface area contributed by atoms with E-state index in [1.54, 1.807) is 24.3 Å². The summed E-state index contributed by atoms with van der Waals surface area (Å²) in [5, 5.41) is 9.37. The molecule has 0 unspecified atom stereocenters. The fourth-order valence-corrected chi connectivity index (χ4v) is 2.21. The molecule has 0 aliphatic heterocycles. The van der Waals surface area contributed by atoms with Crippen molar-refractivity contribution in [1.82, 2.24) is 9.88 Å². The zero-order valence-corrected chi connectivity index (χ0v) is 12.9. The fraction of sp³-hybridized carbons (Fsp3) is 0.400. The van der Waals surface area contributed by atoms with Gasteiger partial charge in [0.25, 0.3) is 0 Å². The second-order valence-electron chi connectivity index (χ2n) is 5.03. The van der Waals surface area contributed by atoms with Crippen LogP contribution in [0.1, 0.15) is 12.3 Å². The van der Waals surface area contributed by atoms with Gasteiger partial charge in [0.1, 0.15) is 0 Å². The minimum atomic E-state index is -4.32. The van der Waals surface area contributed by atoms with Crippen LogP contribution in [-0.4, -0.2) is 40.9 Å². The summed E-state index contributed by atoms with van der Waals surface area (Å²) in [7, 11) is 0. The van der Waals surface area contributed by atoms with Gasteiger partial charge < -0.3 is 9.52 Å². The SMILES string of the molecule is OCCCN(Cc1ncc(-c2ccc(Cl)cc2)o1)CC(F)(F)F. The Morgan fingerprint density at radius 3 is 2.52 bits per heavy atom. The minimum absolute atomic E-state index is 0.0763. The Hall–Kier alpha value is -1.57. The maximum Gasteiger partial charge on any atom is 0.401 e. The van der Waals surface area contributed by atoms with Crippen LogP contribution in [0.3, 0.4) is 0 Å². The number of nitrogens with zero attached hydrogens (tertiary/aromatic N) is 2. The third-order valence-electron chi connectivity index (χ3n) is 3.08. The molecule has 0 amide bonds. The van der Waals surface area contributed by atoms with Gasteiger partial charge in [0.15, 0.2) is 5.76 Å². The molecule has 0 aliphatic rings. The Kier molecular flexibility index (Phi) is 6.04. The van der Waals surface area contributed by atoms with E-state index in [4.69, 9.17) is 21.1 Å². The van der Waals surface area contributed by atoms with Crippen molar-refractivity contribution >= 4 is 11.6 Å². The van der Waals surface area contributed by atoms with Crippen molar-refractivity contribution in [2.75, 3.05) is 19.7 Å². The van der Waals surface area contributed by atoms with Crippen LogP contribution in [0.4, 0.5) is 13.2 Å². The molecule has 0 saturated carbocycles. The zero-order valence-electron chi connectivity index (χ0n) is 12.2. The lowest BCUT2D eigenvalue weighted by Gasteiger charge is -2.21. The van der Waals surface area contributed by atoms with E-state index in [0.29, 0.717) is 10.8 Å². The third-order valence-corrected chi connectivity index (χ3v) is 3.33. The number of aliphatic hydroxyl groups is 1. The molecule has 2 aromatic rings. The number of alkyl halides is 3. The van der Waals surface area contributed by atoms with Crippen molar-refractivity contribution < 1.29 is 22.7 Å². The number of hydrogen-bond donors (Lipinski definition) is 1. The van der Waals surface area contributed by atoms with E-state index in [-0.39, 0.29) is 32.0 Å². The number of aromatic nitrogens is 1. The van der Waals surface area contributed by atoms with Gasteiger partial charge in [-0.3, -0.25) is 4.90 Å². The summed E-state index contributed by atoms with van der Waals surface area (Å²) in [6.45, 7) is -1.22. The standard InChI is InChI=1S/C15H16ClF3N2O2/c16-12-4-2-11(3-5-12)13-8-20-14(23-13)9-21(6-1-7-22)10-15(17,18)19/h2-5,8,22H,1,6-7,9-10H2. The minimum Gasteiger partial charge on any atom is -0.439 e. The molecule has 1 aromatic carbocycles. The molecule has 0 spiro atoms. The van der Waals surface area contributed by atoms with Gasteiger partial charge >= 0.3 is 6.18 Å². The number of halogens is 4. The van der Waals surface area contributed by atoms with Crippen LogP contribution < -0.4 is 0 Å². The molecule has 0 saturated heterocycles. The van der Waals surface area contributed by atoms with Crippen molar-refractivity contribution in [3.63, 3.8) is 0 Å². The Morgan fingerprint density at radius 2 is 1.91 bits per heavy atom. The number of benzene rings is 1. The topological polar surface area (TPSA) is 49.5 Å². The number of hydrogen-bond acceptors (Lipinski definition) is 4. The zero-order chi connectivity index (χ0) is 16.9. The Bertz CT molecular complexity index is 614. The third kappa shape index (κ3) is 5.85. The van der Waals surface area contributed by atoms with Gasteiger partial charge in [-0.1, -0.05) is 11.6 Å². The first-order chi connectivity index (χ1) is 10.9. The van der Waals surface area contributed by atoms with E-state index in [0.717, 1.165) is 10.5 Å². The molecule has 0 radical (unpaired) electrons. The summed E-state index contributed by atoms with van der Waals surface area (Å²) in [6, 6.07) is 6.87. The van der Waals surface area contributed by atoms with Crippen LogP contribution in [-0.2, 0) is 6.54 Å². The van der Waals surface area contributed by atoms with Crippen LogP contribution >= 0.6 is 11.6 Å². The van der Waals surface area contributed by atoms with Crippen LogP contribution in [0.25, 0.3) is 11.3 Å². The molecule has 1 aromatic heterocycles. The monoisotopic (exact) mass is 348 g/mol. The Morgan fingerprint density at radius 1 is 1.22 bits per heavy atom. The van der Waals surface area contributed by atoms with E-state index < -0.39 is 12.7 Å². The quantitative estimate of drug-likeness (QED) is 0.828. The predicted molar refractivity (Wildman–Crippen MR) is 80.0 cm³/mol. The van der Waals surface area contributed by atoms with Gasteiger partial charge in [0, 0.05) is 23.7 Å². The summed E-state index contributed by atoms with van der Waals surface area (Å²) < 4.78 is 43.2. The lowest BCUT2D eigenvalue weighted by atomic mass is 10.2. The maximum atomic E-state index is 12.6. The van der Waals surface area contributed by atoms with Crippen LogP contribution in [0.5, 0.6) is 0 Å². The predicted octanol–water partition coefficient (Wildman–Crippen LogP) is 3.74. The fourth-order valence-electron chi connectivity index (χ4n) is 2.08. The first-order valence-corrected chi connectivity index (χ1v) is 7.36. The summed E-state index contributed by atoms with van der Waals surface area (Å²) in [5.74, 6) is 0.655. The van der Waals surface area contributed by atoms with E-state index in [9.17, 15) is 13.2 Å². The van der Waals surface area contributed by atoms with Crippen molar-refractivity contribution in [2.24, 2.45) is 0 Å². The highest BCUT2D eigenvalue weighted by molar-refractivity contribution is 6.30.